The number of carbonyl (C=O) groups excluding carboxylic acids is 2. The van der Waals surface area contributed by atoms with Crippen LogP contribution in [-0.2, 0) is 30.9 Å². The topological polar surface area (TPSA) is 144 Å². The van der Waals surface area contributed by atoms with Gasteiger partial charge in [0, 0.05) is 36.4 Å². The molecule has 1 aliphatic carbocycles. The Morgan fingerprint density at radius 1 is 1.15 bits per heavy atom. The van der Waals surface area contributed by atoms with Gasteiger partial charge in [0.15, 0.2) is 0 Å². The molecular formula is C29H42N6O5S. The van der Waals surface area contributed by atoms with Crippen LogP contribution in [0, 0.1) is 23.2 Å². The molecule has 5 atom stereocenters. The van der Waals surface area contributed by atoms with Crippen LogP contribution in [0.1, 0.15) is 78.7 Å². The van der Waals surface area contributed by atoms with Crippen molar-refractivity contribution in [1.29, 1.82) is 5.26 Å². The molecule has 3 unspecified atom stereocenters. The lowest BCUT2D eigenvalue weighted by Gasteiger charge is -2.39. The fourth-order valence-electron chi connectivity index (χ4n) is 6.84. The monoisotopic (exact) mass is 586 g/mol. The number of hydrogen-bond acceptors (Lipinski definition) is 9. The first kappa shape index (κ1) is 29.8. The zero-order valence-corrected chi connectivity index (χ0v) is 25.4. The number of anilines is 1. The first-order valence-corrected chi connectivity index (χ1v) is 16.0. The summed E-state index contributed by atoms with van der Waals surface area (Å²) in [6, 6.07) is 7.63. The normalized spacial score (nSPS) is 30.1. The fraction of sp³-hybridized carbons (Fsp3) is 0.690. The van der Waals surface area contributed by atoms with Crippen molar-refractivity contribution in [3.05, 3.63) is 23.8 Å². The number of sulfonamides is 1. The van der Waals surface area contributed by atoms with Gasteiger partial charge in [0.2, 0.25) is 15.9 Å². The van der Waals surface area contributed by atoms with E-state index in [4.69, 9.17) is 4.74 Å². The second kappa shape index (κ2) is 10.8. The zero-order valence-electron chi connectivity index (χ0n) is 24.6. The van der Waals surface area contributed by atoms with E-state index in [0.29, 0.717) is 17.8 Å². The van der Waals surface area contributed by atoms with E-state index >= 15 is 0 Å². The molecule has 3 aliphatic heterocycles. The van der Waals surface area contributed by atoms with Crippen molar-refractivity contribution >= 4 is 27.6 Å². The van der Waals surface area contributed by atoms with Crippen molar-refractivity contribution in [2.45, 2.75) is 114 Å². The molecule has 3 heterocycles. The SMILES string of the molecule is CC(C)(C)OC(=O)CC(C)(C)N1Cc2cc(NC3NN([C@H]4CCCC[C@@H]4C#N)C4CCNC(=O)C34)ccc2S1(=O)=O. The summed E-state index contributed by atoms with van der Waals surface area (Å²) in [5, 5.41) is 18.4. The van der Waals surface area contributed by atoms with Gasteiger partial charge in [-0.25, -0.2) is 18.9 Å². The second-order valence-electron chi connectivity index (χ2n) is 13.3. The molecule has 11 nitrogen and oxygen atoms in total. The van der Waals surface area contributed by atoms with Crippen molar-refractivity contribution in [2.24, 2.45) is 11.8 Å². The molecule has 1 saturated carbocycles. The van der Waals surface area contributed by atoms with Crippen molar-refractivity contribution in [2.75, 3.05) is 11.9 Å². The molecule has 5 rings (SSSR count). The maximum atomic E-state index is 13.5. The molecule has 224 valence electrons. The molecule has 2 saturated heterocycles. The van der Waals surface area contributed by atoms with Gasteiger partial charge >= 0.3 is 5.97 Å². The molecule has 0 spiro atoms. The van der Waals surface area contributed by atoms with E-state index in [1.165, 1.54) is 4.31 Å². The first-order chi connectivity index (χ1) is 19.2. The summed E-state index contributed by atoms with van der Waals surface area (Å²) in [5.41, 5.74) is 3.20. The molecule has 0 bridgehead atoms. The van der Waals surface area contributed by atoms with Gasteiger partial charge in [-0.2, -0.15) is 9.57 Å². The largest absolute Gasteiger partial charge is 0.460 e. The number of nitrogens with zero attached hydrogens (tertiary/aromatic N) is 3. The second-order valence-corrected chi connectivity index (χ2v) is 15.2. The highest BCUT2D eigenvalue weighted by molar-refractivity contribution is 7.89. The Balaban J connectivity index is 1.35. The third-order valence-electron chi connectivity index (χ3n) is 8.65. The number of fused-ring (bicyclic) bond motifs is 2. The molecule has 1 amide bonds. The Morgan fingerprint density at radius 2 is 1.88 bits per heavy atom. The summed E-state index contributed by atoms with van der Waals surface area (Å²) in [5.74, 6) is -0.922. The average Bonchev–Trinajstić information content (AvgIpc) is 3.37. The molecule has 0 radical (unpaired) electrons. The van der Waals surface area contributed by atoms with Crippen LogP contribution < -0.4 is 16.1 Å². The molecule has 3 N–H and O–H groups in total. The molecule has 1 aromatic carbocycles. The highest BCUT2D eigenvalue weighted by Crippen LogP contribution is 2.40. The van der Waals surface area contributed by atoms with Gasteiger partial charge in [0.25, 0.3) is 0 Å². The number of hydrazine groups is 1. The van der Waals surface area contributed by atoms with Gasteiger partial charge in [0.1, 0.15) is 11.8 Å². The number of amides is 1. The Hall–Kier alpha value is -2.72. The smallest absolute Gasteiger partial charge is 0.308 e. The minimum Gasteiger partial charge on any atom is -0.460 e. The minimum absolute atomic E-state index is 0.0286. The Bertz CT molecular complexity index is 1350. The van der Waals surface area contributed by atoms with Crippen LogP contribution in [0.3, 0.4) is 0 Å². The first-order valence-electron chi connectivity index (χ1n) is 14.6. The molecule has 0 aromatic heterocycles. The van der Waals surface area contributed by atoms with E-state index in [-0.39, 0.29) is 47.7 Å². The standard InChI is InChI=1S/C29H42N6O5S/c1-28(2,3)40-24(36)15-29(4,5)34-17-19-14-20(10-11-23(19)41(34,38)39)32-26-25-22(12-13-31-27(25)37)35(33-26)21-9-7-6-8-18(21)16-30/h10-11,14,18,21-22,25-26,32-33H,6-9,12-13,15,17H2,1-5H3,(H,31,37)/t18-,21+,22?,25?,26?/m1/s1. The van der Waals surface area contributed by atoms with Crippen LogP contribution in [0.25, 0.3) is 0 Å². The third kappa shape index (κ3) is 5.82. The Kier molecular flexibility index (Phi) is 7.87. The predicted molar refractivity (Wildman–Crippen MR) is 152 cm³/mol. The third-order valence-corrected chi connectivity index (χ3v) is 10.8. The van der Waals surface area contributed by atoms with E-state index in [1.807, 2.05) is 6.07 Å². The molecular weight excluding hydrogens is 544 g/mol. The van der Waals surface area contributed by atoms with Gasteiger partial charge in [-0.05, 0) is 77.6 Å². The van der Waals surface area contributed by atoms with Gasteiger partial charge in [0.05, 0.1) is 29.2 Å². The van der Waals surface area contributed by atoms with E-state index in [1.54, 1.807) is 46.8 Å². The number of piperidine rings is 1. The van der Waals surface area contributed by atoms with Crippen LogP contribution in [0.5, 0.6) is 0 Å². The highest BCUT2D eigenvalue weighted by atomic mass is 32.2. The number of hydrogen-bond donors (Lipinski definition) is 3. The zero-order chi connectivity index (χ0) is 29.7. The number of carbonyl (C=O) groups is 2. The van der Waals surface area contributed by atoms with Crippen LogP contribution >= 0.6 is 0 Å². The van der Waals surface area contributed by atoms with E-state index in [0.717, 1.165) is 32.1 Å². The van der Waals surface area contributed by atoms with Gasteiger partial charge in [-0.3, -0.25) is 9.59 Å². The number of benzene rings is 1. The number of nitrogens with one attached hydrogen (secondary N) is 3. The fourth-order valence-corrected chi connectivity index (χ4v) is 8.79. The molecule has 3 fully saturated rings. The molecule has 1 aromatic rings. The van der Waals surface area contributed by atoms with Gasteiger partial charge in [-0.15, -0.1) is 0 Å². The lowest BCUT2D eigenvalue weighted by atomic mass is 9.83. The average molecular weight is 587 g/mol. The summed E-state index contributed by atoms with van der Waals surface area (Å²) in [7, 11) is -3.82. The van der Waals surface area contributed by atoms with Gasteiger partial charge in [-0.1, -0.05) is 12.8 Å². The predicted octanol–water partition coefficient (Wildman–Crippen LogP) is 2.85. The quantitative estimate of drug-likeness (QED) is 0.429. The lowest BCUT2D eigenvalue weighted by Crippen LogP contribution is -2.54. The molecule has 12 heteroatoms. The summed E-state index contributed by atoms with van der Waals surface area (Å²) >= 11 is 0. The molecule has 41 heavy (non-hydrogen) atoms. The van der Waals surface area contributed by atoms with Crippen LogP contribution in [0.15, 0.2) is 23.1 Å². The summed E-state index contributed by atoms with van der Waals surface area (Å²) in [4.78, 5) is 25.8. The minimum atomic E-state index is -3.82. The lowest BCUT2D eigenvalue weighted by molar-refractivity contribution is -0.157. The van der Waals surface area contributed by atoms with Crippen molar-refractivity contribution < 1.29 is 22.7 Å². The van der Waals surface area contributed by atoms with Crippen LogP contribution in [-0.4, -0.2) is 65.5 Å². The highest BCUT2D eigenvalue weighted by Gasteiger charge is 2.51. The van der Waals surface area contributed by atoms with Crippen LogP contribution in [0.2, 0.25) is 0 Å². The van der Waals surface area contributed by atoms with Crippen molar-refractivity contribution in [1.82, 2.24) is 20.1 Å². The van der Waals surface area contributed by atoms with E-state index in [9.17, 15) is 23.3 Å². The maximum absolute atomic E-state index is 13.5. The summed E-state index contributed by atoms with van der Waals surface area (Å²) in [6.45, 7) is 9.54. The van der Waals surface area contributed by atoms with E-state index in [2.05, 4.69) is 27.1 Å². The Morgan fingerprint density at radius 3 is 2.59 bits per heavy atom. The van der Waals surface area contributed by atoms with Crippen molar-refractivity contribution in [3.8, 4) is 6.07 Å². The van der Waals surface area contributed by atoms with E-state index < -0.39 is 33.3 Å². The van der Waals surface area contributed by atoms with Crippen LogP contribution in [0.4, 0.5) is 5.69 Å². The van der Waals surface area contributed by atoms with Gasteiger partial charge < -0.3 is 15.4 Å². The Labute approximate surface area is 243 Å². The summed E-state index contributed by atoms with van der Waals surface area (Å²) in [6.07, 6.45) is 4.19. The number of ether oxygens (including phenoxy) is 1. The number of rotatable bonds is 6. The maximum Gasteiger partial charge on any atom is 0.308 e. The van der Waals surface area contributed by atoms with Crippen molar-refractivity contribution in [3.63, 3.8) is 0 Å². The number of nitriles is 1. The number of esters is 1. The summed E-state index contributed by atoms with van der Waals surface area (Å²) < 4.78 is 33.9. The molecule has 4 aliphatic rings.